The smallest absolute Gasteiger partial charge is 0.338 e. The molecule has 1 saturated heterocycles. The zero-order chi connectivity index (χ0) is 16.9. The van der Waals surface area contributed by atoms with E-state index in [4.69, 9.17) is 10.5 Å². The summed E-state index contributed by atoms with van der Waals surface area (Å²) in [5.41, 5.74) is 3.96. The highest BCUT2D eigenvalue weighted by Gasteiger charge is 2.53. The highest BCUT2D eigenvalue weighted by atomic mass is 16.6. The number of fused-ring (bicyclic) bond motifs is 1. The Hall–Kier alpha value is -2.27. The van der Waals surface area contributed by atoms with Crippen LogP contribution in [-0.4, -0.2) is 65.3 Å². The van der Waals surface area contributed by atoms with Gasteiger partial charge >= 0.3 is 5.97 Å². The minimum atomic E-state index is -1.77. The van der Waals surface area contributed by atoms with E-state index in [0.29, 0.717) is 0 Å². The van der Waals surface area contributed by atoms with Crippen molar-refractivity contribution >= 4 is 22.8 Å². The molecule has 3 rings (SSSR count). The van der Waals surface area contributed by atoms with Gasteiger partial charge in [-0.05, 0) is 6.92 Å². The highest BCUT2D eigenvalue weighted by molar-refractivity contribution is 6.06. The second kappa shape index (κ2) is 5.13. The maximum Gasteiger partial charge on any atom is 0.338 e. The lowest BCUT2D eigenvalue weighted by Gasteiger charge is -2.27. The van der Waals surface area contributed by atoms with E-state index < -0.39 is 36.6 Å². The number of nitrogens with two attached hydrogens (primary N) is 1. The van der Waals surface area contributed by atoms with Crippen LogP contribution in [0.1, 0.15) is 23.5 Å². The molecule has 1 aliphatic heterocycles. The summed E-state index contributed by atoms with van der Waals surface area (Å²) >= 11 is 0. The van der Waals surface area contributed by atoms with Crippen LogP contribution < -0.4 is 5.73 Å². The predicted molar refractivity (Wildman–Crippen MR) is 76.5 cm³/mol. The van der Waals surface area contributed by atoms with Gasteiger partial charge in [0.2, 0.25) is 0 Å². The average Bonchev–Trinajstić information content (AvgIpc) is 2.97. The third-order valence-electron chi connectivity index (χ3n) is 4.06. The minimum Gasteiger partial charge on any atom is -0.478 e. The molecule has 1 unspecified atom stereocenters. The van der Waals surface area contributed by atoms with Gasteiger partial charge in [-0.2, -0.15) is 0 Å². The SMILES string of the molecule is C[C@]1(O)C(n2cc(C(=O)O)c3c(N)ncnc32)O[C@H](CO)[C@H]1O. The number of carbonyl (C=O) groups is 1. The number of carboxylic acids is 1. The van der Waals surface area contributed by atoms with Crippen molar-refractivity contribution in [3.05, 3.63) is 18.1 Å². The average molecular weight is 324 g/mol. The standard InChI is InChI=1S/C13H16N4O6/c1-13(22)8(19)6(3-18)23-12(13)17-2-5(11(20)21)7-9(14)15-4-16-10(7)17/h2,4,6,8,12,18-19,22H,3H2,1H3,(H,20,21)(H2,14,15,16)/t6-,8-,12?,13-/m1/s1. The van der Waals surface area contributed by atoms with Crippen LogP contribution in [0.2, 0.25) is 0 Å². The van der Waals surface area contributed by atoms with Gasteiger partial charge in [-0.15, -0.1) is 0 Å². The molecule has 124 valence electrons. The van der Waals surface area contributed by atoms with Gasteiger partial charge in [-0.1, -0.05) is 0 Å². The number of aromatic nitrogens is 3. The minimum absolute atomic E-state index is 0.0250. The van der Waals surface area contributed by atoms with E-state index in [-0.39, 0.29) is 22.4 Å². The third-order valence-corrected chi connectivity index (χ3v) is 4.06. The molecular formula is C13H16N4O6. The number of carboxylic acid groups (broad SMARTS) is 1. The van der Waals surface area contributed by atoms with Crippen LogP contribution in [0.5, 0.6) is 0 Å². The molecule has 2 aromatic heterocycles. The maximum atomic E-state index is 11.4. The molecule has 1 aliphatic rings. The molecule has 0 aromatic carbocycles. The summed E-state index contributed by atoms with van der Waals surface area (Å²) in [6, 6.07) is 0. The lowest BCUT2D eigenvalue weighted by Crippen LogP contribution is -2.44. The Kier molecular flexibility index (Phi) is 3.48. The summed E-state index contributed by atoms with van der Waals surface area (Å²) in [6.45, 7) is 0.824. The van der Waals surface area contributed by atoms with Crippen LogP contribution in [0.3, 0.4) is 0 Å². The van der Waals surface area contributed by atoms with Gasteiger partial charge in [0, 0.05) is 6.20 Å². The van der Waals surface area contributed by atoms with Gasteiger partial charge < -0.3 is 35.5 Å². The van der Waals surface area contributed by atoms with Crippen molar-refractivity contribution in [1.82, 2.24) is 14.5 Å². The molecular weight excluding hydrogens is 308 g/mol. The molecule has 23 heavy (non-hydrogen) atoms. The second-order valence-corrected chi connectivity index (χ2v) is 5.59. The van der Waals surface area contributed by atoms with Crippen molar-refractivity contribution in [3.8, 4) is 0 Å². The molecule has 3 heterocycles. The van der Waals surface area contributed by atoms with Gasteiger partial charge in [-0.25, -0.2) is 14.8 Å². The largest absolute Gasteiger partial charge is 0.478 e. The summed E-state index contributed by atoms with van der Waals surface area (Å²) in [4.78, 5) is 19.2. The van der Waals surface area contributed by atoms with Crippen molar-refractivity contribution in [2.75, 3.05) is 12.3 Å². The molecule has 0 spiro atoms. The summed E-state index contributed by atoms with van der Waals surface area (Å²) in [6.07, 6.45) is -1.16. The molecule has 10 heteroatoms. The lowest BCUT2D eigenvalue weighted by molar-refractivity contribution is -0.0948. The number of hydrogen-bond donors (Lipinski definition) is 5. The number of anilines is 1. The first-order valence-electron chi connectivity index (χ1n) is 6.80. The monoisotopic (exact) mass is 324 g/mol. The van der Waals surface area contributed by atoms with Crippen LogP contribution in [0.15, 0.2) is 12.5 Å². The van der Waals surface area contributed by atoms with E-state index in [1.807, 2.05) is 0 Å². The first-order valence-corrected chi connectivity index (χ1v) is 6.80. The predicted octanol–water partition coefficient (Wildman–Crippen LogP) is -1.29. The van der Waals surface area contributed by atoms with E-state index in [0.717, 1.165) is 6.33 Å². The summed E-state index contributed by atoms with van der Waals surface area (Å²) < 4.78 is 6.76. The van der Waals surface area contributed by atoms with Gasteiger partial charge in [0.1, 0.15) is 35.6 Å². The maximum absolute atomic E-state index is 11.4. The number of nitrogens with zero attached hydrogens (tertiary/aromatic N) is 3. The first kappa shape index (κ1) is 15.6. The Morgan fingerprint density at radius 2 is 2.22 bits per heavy atom. The van der Waals surface area contributed by atoms with Crippen molar-refractivity contribution in [2.24, 2.45) is 0 Å². The Morgan fingerprint density at radius 1 is 1.52 bits per heavy atom. The molecule has 0 bridgehead atoms. The van der Waals surface area contributed by atoms with Crippen LogP contribution in [-0.2, 0) is 4.74 Å². The Labute approximate surface area is 129 Å². The number of ether oxygens (including phenoxy) is 1. The normalized spacial score (nSPS) is 30.9. The number of hydrogen-bond acceptors (Lipinski definition) is 8. The van der Waals surface area contributed by atoms with Crippen LogP contribution >= 0.6 is 0 Å². The van der Waals surface area contributed by atoms with Crippen LogP contribution in [0.4, 0.5) is 5.82 Å². The molecule has 6 N–H and O–H groups in total. The Bertz CT molecular complexity index is 773. The Morgan fingerprint density at radius 3 is 2.78 bits per heavy atom. The third kappa shape index (κ3) is 2.15. The van der Waals surface area contributed by atoms with E-state index >= 15 is 0 Å². The fraction of sp³-hybridized carbons (Fsp3) is 0.462. The Balaban J connectivity index is 2.21. The van der Waals surface area contributed by atoms with E-state index in [2.05, 4.69) is 9.97 Å². The topological polar surface area (TPSA) is 164 Å². The summed E-state index contributed by atoms with van der Waals surface area (Å²) in [7, 11) is 0. The van der Waals surface area contributed by atoms with E-state index in [9.17, 15) is 25.2 Å². The molecule has 0 aliphatic carbocycles. The highest BCUT2D eigenvalue weighted by Crippen LogP contribution is 2.40. The molecule has 2 aromatic rings. The van der Waals surface area contributed by atoms with Crippen LogP contribution in [0.25, 0.3) is 11.0 Å². The second-order valence-electron chi connectivity index (χ2n) is 5.59. The van der Waals surface area contributed by atoms with Crippen molar-refractivity contribution in [2.45, 2.75) is 31.0 Å². The summed E-state index contributed by atoms with van der Waals surface area (Å²) in [5, 5.41) is 39.3. The number of aromatic carboxylic acids is 1. The quantitative estimate of drug-likeness (QED) is 0.462. The number of rotatable bonds is 3. The first-order chi connectivity index (χ1) is 10.8. The number of aliphatic hydroxyl groups excluding tert-OH is 2. The van der Waals surface area contributed by atoms with E-state index in [1.54, 1.807) is 0 Å². The van der Waals surface area contributed by atoms with Crippen molar-refractivity contribution in [3.63, 3.8) is 0 Å². The molecule has 0 saturated carbocycles. The van der Waals surface area contributed by atoms with Gasteiger partial charge in [0.25, 0.3) is 0 Å². The van der Waals surface area contributed by atoms with E-state index in [1.165, 1.54) is 17.7 Å². The lowest BCUT2D eigenvalue weighted by atomic mass is 9.96. The molecule has 0 amide bonds. The zero-order valence-corrected chi connectivity index (χ0v) is 12.1. The molecule has 1 fully saturated rings. The van der Waals surface area contributed by atoms with Gasteiger partial charge in [0.15, 0.2) is 6.23 Å². The molecule has 0 radical (unpaired) electrons. The van der Waals surface area contributed by atoms with Gasteiger partial charge in [-0.3, -0.25) is 0 Å². The zero-order valence-electron chi connectivity index (χ0n) is 12.1. The fourth-order valence-electron chi connectivity index (χ4n) is 2.84. The summed E-state index contributed by atoms with van der Waals surface area (Å²) in [5.74, 6) is -1.27. The number of aliphatic hydroxyl groups is 3. The van der Waals surface area contributed by atoms with Crippen molar-refractivity contribution < 1.29 is 30.0 Å². The van der Waals surface area contributed by atoms with Crippen LogP contribution in [0, 0.1) is 0 Å². The molecule has 4 atom stereocenters. The number of nitrogen functional groups attached to an aromatic ring is 1. The van der Waals surface area contributed by atoms with Gasteiger partial charge in [0.05, 0.1) is 17.6 Å². The fourth-order valence-corrected chi connectivity index (χ4v) is 2.84. The van der Waals surface area contributed by atoms with Crippen molar-refractivity contribution in [1.29, 1.82) is 0 Å². The molecule has 10 nitrogen and oxygen atoms in total.